The number of rotatable bonds is 11. The molecule has 0 unspecified atom stereocenters. The summed E-state index contributed by atoms with van der Waals surface area (Å²) in [5.41, 5.74) is 1.71. The van der Waals surface area contributed by atoms with Crippen molar-refractivity contribution < 1.29 is 23.2 Å². The van der Waals surface area contributed by atoms with Crippen LogP contribution in [0.4, 0.5) is 0 Å². The van der Waals surface area contributed by atoms with Crippen molar-refractivity contribution >= 4 is 21.8 Å². The number of nitrogens with zero attached hydrogens (tertiary/aromatic N) is 2. The number of sulfonamides is 1. The van der Waals surface area contributed by atoms with Crippen molar-refractivity contribution in [3.8, 4) is 0 Å². The molecule has 2 amide bonds. The van der Waals surface area contributed by atoms with E-state index in [1.165, 1.54) is 4.31 Å². The molecule has 0 aromatic heterocycles. The maximum absolute atomic E-state index is 13.5. The van der Waals surface area contributed by atoms with E-state index >= 15 is 0 Å². The number of carbonyl (C=O) groups excluding carboxylic acids is 2. The largest absolute Gasteiger partial charge is 0.342 e. The Morgan fingerprint density at radius 3 is 2.27 bits per heavy atom. The lowest BCUT2D eigenvalue weighted by Crippen LogP contribution is -2.50. The van der Waals surface area contributed by atoms with Crippen LogP contribution in [0, 0.1) is 17.8 Å². The summed E-state index contributed by atoms with van der Waals surface area (Å²) in [6.45, 7) is 3.56. The number of unbranched alkanes of at least 4 members (excludes halogenated alkanes) is 1. The summed E-state index contributed by atoms with van der Waals surface area (Å²) >= 11 is 0. The summed E-state index contributed by atoms with van der Waals surface area (Å²) in [5.74, 6) is -1.91. The van der Waals surface area contributed by atoms with Gasteiger partial charge in [0.15, 0.2) is 0 Å². The van der Waals surface area contributed by atoms with Crippen LogP contribution in [0.2, 0.25) is 0 Å². The highest BCUT2D eigenvalue weighted by molar-refractivity contribution is 7.88. The summed E-state index contributed by atoms with van der Waals surface area (Å²) in [5, 5.41) is 9.41. The second-order valence-electron chi connectivity index (χ2n) is 8.94. The molecular weight excluding hydrogens is 406 g/mol. The Morgan fingerprint density at radius 2 is 1.73 bits per heavy atom. The third kappa shape index (κ3) is 7.20. The quantitative estimate of drug-likeness (QED) is 0.375. The molecule has 1 heterocycles. The number of likely N-dealkylation sites (tertiary alicyclic amines) is 1. The Morgan fingerprint density at radius 1 is 1.10 bits per heavy atom. The minimum absolute atomic E-state index is 0.0702. The molecule has 0 spiro atoms. The highest BCUT2D eigenvalue weighted by Gasteiger charge is 2.40. The minimum Gasteiger partial charge on any atom is -0.342 e. The molecule has 0 aromatic rings. The van der Waals surface area contributed by atoms with Crippen molar-refractivity contribution in [2.24, 2.45) is 17.8 Å². The van der Waals surface area contributed by atoms with Gasteiger partial charge in [-0.1, -0.05) is 39.0 Å². The second kappa shape index (κ2) is 12.0. The zero-order valence-electron chi connectivity index (χ0n) is 18.5. The lowest BCUT2D eigenvalue weighted by Gasteiger charge is -2.35. The fraction of sp³-hybridized carbons (Fsp3) is 0.905. The van der Waals surface area contributed by atoms with Crippen LogP contribution in [0.15, 0.2) is 0 Å². The average Bonchev–Trinajstić information content (AvgIpc) is 3.24. The topological polar surface area (TPSA) is 107 Å². The predicted molar refractivity (Wildman–Crippen MR) is 115 cm³/mol. The van der Waals surface area contributed by atoms with E-state index in [0.29, 0.717) is 38.4 Å². The number of amides is 2. The Bertz CT molecular complexity index is 658. The van der Waals surface area contributed by atoms with E-state index in [9.17, 15) is 23.2 Å². The summed E-state index contributed by atoms with van der Waals surface area (Å²) < 4.78 is 26.0. The van der Waals surface area contributed by atoms with Crippen LogP contribution in [0.5, 0.6) is 0 Å². The van der Waals surface area contributed by atoms with E-state index < -0.39 is 27.8 Å². The summed E-state index contributed by atoms with van der Waals surface area (Å²) in [6.07, 6.45) is 10.5. The number of carbonyl (C=O) groups is 2. The van der Waals surface area contributed by atoms with Gasteiger partial charge < -0.3 is 4.90 Å². The summed E-state index contributed by atoms with van der Waals surface area (Å²) in [6, 6.07) is 0. The van der Waals surface area contributed by atoms with Crippen molar-refractivity contribution in [3.63, 3.8) is 0 Å². The molecule has 2 aliphatic rings. The van der Waals surface area contributed by atoms with Crippen LogP contribution in [-0.4, -0.2) is 67.1 Å². The van der Waals surface area contributed by atoms with Crippen molar-refractivity contribution in [1.29, 1.82) is 0 Å². The van der Waals surface area contributed by atoms with Crippen LogP contribution in [0.3, 0.4) is 0 Å². The summed E-state index contributed by atoms with van der Waals surface area (Å²) in [7, 11) is -3.54. The average molecular weight is 446 g/mol. The van der Waals surface area contributed by atoms with Crippen LogP contribution in [0.1, 0.15) is 71.1 Å². The second-order valence-corrected chi connectivity index (χ2v) is 10.9. The number of hydrogen-bond donors (Lipinski definition) is 2. The normalized spacial score (nSPS) is 20.3. The SMILES string of the molecule is CCCCN(C[C@H](C(=O)NO)[C@@H](CC1CCCC1)C(=O)N1CCCCC1)S(C)(=O)=O. The molecule has 174 valence electrons. The monoisotopic (exact) mass is 445 g/mol. The van der Waals surface area contributed by atoms with Gasteiger partial charge in [-0.05, 0) is 38.0 Å². The zero-order valence-corrected chi connectivity index (χ0v) is 19.3. The lowest BCUT2D eigenvalue weighted by atomic mass is 9.81. The molecule has 9 heteroatoms. The molecule has 0 aromatic carbocycles. The van der Waals surface area contributed by atoms with Gasteiger partial charge in [-0.15, -0.1) is 0 Å². The van der Waals surface area contributed by atoms with Gasteiger partial charge in [0, 0.05) is 26.2 Å². The molecule has 8 nitrogen and oxygen atoms in total. The Balaban J connectivity index is 2.30. The third-order valence-electron chi connectivity index (χ3n) is 6.61. The molecule has 2 rings (SSSR count). The lowest BCUT2D eigenvalue weighted by molar-refractivity contribution is -0.147. The number of hydroxylamine groups is 1. The molecule has 2 N–H and O–H groups in total. The van der Waals surface area contributed by atoms with Gasteiger partial charge >= 0.3 is 0 Å². The minimum atomic E-state index is -3.54. The van der Waals surface area contributed by atoms with Gasteiger partial charge in [-0.3, -0.25) is 14.8 Å². The van der Waals surface area contributed by atoms with Gasteiger partial charge in [0.1, 0.15) is 0 Å². The molecule has 2 atom stereocenters. The molecule has 2 fully saturated rings. The first-order valence-corrected chi connectivity index (χ1v) is 13.3. The van der Waals surface area contributed by atoms with E-state index in [4.69, 9.17) is 0 Å². The highest BCUT2D eigenvalue weighted by atomic mass is 32.2. The maximum Gasteiger partial charge on any atom is 0.248 e. The van der Waals surface area contributed by atoms with E-state index in [-0.39, 0.29) is 12.5 Å². The molecule has 0 radical (unpaired) electrons. The Labute approximate surface area is 181 Å². The number of hydrogen-bond acceptors (Lipinski definition) is 5. The predicted octanol–water partition coefficient (Wildman–Crippen LogP) is 2.38. The van der Waals surface area contributed by atoms with Gasteiger partial charge in [-0.2, -0.15) is 0 Å². The molecule has 1 saturated heterocycles. The van der Waals surface area contributed by atoms with Crippen molar-refractivity contribution in [2.75, 3.05) is 32.4 Å². The molecule has 1 aliphatic carbocycles. The summed E-state index contributed by atoms with van der Waals surface area (Å²) in [4.78, 5) is 28.0. The van der Waals surface area contributed by atoms with E-state index in [1.807, 2.05) is 11.8 Å². The van der Waals surface area contributed by atoms with Crippen LogP contribution < -0.4 is 5.48 Å². The van der Waals surface area contributed by atoms with Gasteiger partial charge in [0.05, 0.1) is 18.1 Å². The first kappa shape index (κ1) is 25.1. The highest BCUT2D eigenvalue weighted by Crippen LogP contribution is 2.35. The van der Waals surface area contributed by atoms with E-state index in [2.05, 4.69) is 0 Å². The van der Waals surface area contributed by atoms with Crippen molar-refractivity contribution in [3.05, 3.63) is 0 Å². The number of piperidine rings is 1. The smallest absolute Gasteiger partial charge is 0.248 e. The van der Waals surface area contributed by atoms with E-state index in [1.54, 1.807) is 5.48 Å². The fourth-order valence-electron chi connectivity index (χ4n) is 4.81. The van der Waals surface area contributed by atoms with Gasteiger partial charge in [-0.25, -0.2) is 18.2 Å². The molecule has 1 aliphatic heterocycles. The van der Waals surface area contributed by atoms with Crippen molar-refractivity contribution in [1.82, 2.24) is 14.7 Å². The molecular formula is C21H39N3O5S. The first-order valence-electron chi connectivity index (χ1n) is 11.5. The standard InChI is InChI=1S/C21H39N3O5S/c1-3-4-14-24(30(2,28)29)16-19(20(25)22-27)18(15-17-10-6-7-11-17)21(26)23-12-8-5-9-13-23/h17-19,27H,3-16H2,1-2H3,(H,22,25)/t18-,19+/m1/s1. The van der Waals surface area contributed by atoms with Crippen LogP contribution in [0.25, 0.3) is 0 Å². The molecule has 30 heavy (non-hydrogen) atoms. The van der Waals surface area contributed by atoms with Gasteiger partial charge in [0.25, 0.3) is 0 Å². The Kier molecular flexibility index (Phi) is 10.0. The third-order valence-corrected chi connectivity index (χ3v) is 7.88. The first-order chi connectivity index (χ1) is 14.3. The fourth-order valence-corrected chi connectivity index (χ4v) is 5.71. The Hall–Kier alpha value is -1.19. The zero-order chi connectivity index (χ0) is 22.1. The van der Waals surface area contributed by atoms with Crippen molar-refractivity contribution in [2.45, 2.75) is 71.1 Å². The van der Waals surface area contributed by atoms with Crippen LogP contribution in [-0.2, 0) is 19.6 Å². The van der Waals surface area contributed by atoms with E-state index in [0.717, 1.165) is 57.6 Å². The maximum atomic E-state index is 13.5. The number of nitrogens with one attached hydrogen (secondary N) is 1. The molecule has 0 bridgehead atoms. The molecule has 1 saturated carbocycles. The van der Waals surface area contributed by atoms with Crippen LogP contribution >= 0.6 is 0 Å². The van der Waals surface area contributed by atoms with Gasteiger partial charge in [0.2, 0.25) is 21.8 Å².